The van der Waals surface area contributed by atoms with Gasteiger partial charge in [-0.25, -0.2) is 19.5 Å². The standard InChI is InChI=1S/C27H37Cl2N7O4/c1-14(2)19-21(20(15(3)4)31-13-30-19)35-24-17(11-18(28)22(29)36(24)39)23(32-25(35)37)34-10-9-33(12-16(34)5)26(38)40-27(6,7)8/h11,13-16,25,37H,9-10,12H2,1-8H3/t16-,25?/m0/s1. The summed E-state index contributed by atoms with van der Waals surface area (Å²) < 4.78 is 6.06. The molecule has 1 N–H and O–H groups in total. The first kappa shape index (κ1) is 30.1. The molecule has 4 rings (SSSR count). The first-order chi connectivity index (χ1) is 18.6. The van der Waals surface area contributed by atoms with E-state index >= 15 is 0 Å². The van der Waals surface area contributed by atoms with Gasteiger partial charge in [-0.15, -0.1) is 0 Å². The Balaban J connectivity index is 1.82. The van der Waals surface area contributed by atoms with Crippen molar-refractivity contribution in [3.8, 4) is 0 Å². The van der Waals surface area contributed by atoms with Crippen LogP contribution in [0.4, 0.5) is 16.3 Å². The number of hydrogen-bond donors (Lipinski definition) is 1. The molecule has 4 heterocycles. The number of aromatic nitrogens is 3. The Labute approximate surface area is 245 Å². The molecule has 2 aromatic rings. The quantitative estimate of drug-likeness (QED) is 0.306. The van der Waals surface area contributed by atoms with Crippen molar-refractivity contribution in [1.29, 1.82) is 0 Å². The number of aliphatic imine (C=N–C) groups is 1. The highest BCUT2D eigenvalue weighted by Gasteiger charge is 2.45. The summed E-state index contributed by atoms with van der Waals surface area (Å²) in [6, 6.07) is 1.38. The molecule has 2 aliphatic heterocycles. The van der Waals surface area contributed by atoms with Gasteiger partial charge in [-0.2, -0.15) is 9.89 Å². The van der Waals surface area contributed by atoms with Crippen LogP contribution in [0, 0.1) is 5.21 Å². The second kappa shape index (κ2) is 11.2. The third-order valence-electron chi connectivity index (χ3n) is 6.78. The molecule has 1 saturated heterocycles. The number of fused-ring (bicyclic) bond motifs is 1. The van der Waals surface area contributed by atoms with Crippen molar-refractivity contribution in [3.63, 3.8) is 0 Å². The highest BCUT2D eigenvalue weighted by Crippen LogP contribution is 2.42. The number of carbonyl (C=O) groups excluding carboxylic acids is 1. The highest BCUT2D eigenvalue weighted by atomic mass is 35.5. The number of aliphatic hydroxyl groups is 1. The summed E-state index contributed by atoms with van der Waals surface area (Å²) in [5.41, 5.74) is 1.62. The molecule has 1 amide bonds. The fourth-order valence-corrected chi connectivity index (χ4v) is 5.32. The average Bonchev–Trinajstić information content (AvgIpc) is 2.86. The summed E-state index contributed by atoms with van der Waals surface area (Å²) in [5, 5.41) is 25.1. The number of aliphatic hydroxyl groups excluding tert-OH is 1. The minimum atomic E-state index is -1.47. The third kappa shape index (κ3) is 5.64. The van der Waals surface area contributed by atoms with E-state index in [2.05, 4.69) is 15.0 Å². The van der Waals surface area contributed by atoms with Crippen molar-refractivity contribution in [2.24, 2.45) is 4.99 Å². The van der Waals surface area contributed by atoms with Gasteiger partial charge in [0.1, 0.15) is 28.4 Å². The van der Waals surface area contributed by atoms with Crippen LogP contribution in [-0.2, 0) is 4.74 Å². The summed E-state index contributed by atoms with van der Waals surface area (Å²) >= 11 is 12.8. The monoisotopic (exact) mass is 593 g/mol. The zero-order chi connectivity index (χ0) is 29.7. The van der Waals surface area contributed by atoms with Crippen LogP contribution in [0.25, 0.3) is 0 Å². The van der Waals surface area contributed by atoms with Gasteiger partial charge in [0.15, 0.2) is 5.69 Å². The topological polar surface area (TPSA) is 121 Å². The second-order valence-electron chi connectivity index (χ2n) is 11.8. The van der Waals surface area contributed by atoms with Crippen molar-refractivity contribution in [2.45, 2.75) is 85.2 Å². The van der Waals surface area contributed by atoms with E-state index in [0.717, 1.165) is 0 Å². The lowest BCUT2D eigenvalue weighted by atomic mass is 9.99. The largest absolute Gasteiger partial charge is 0.710 e. The number of halogens is 2. The molecule has 0 radical (unpaired) electrons. The predicted molar refractivity (Wildman–Crippen MR) is 154 cm³/mol. The summed E-state index contributed by atoms with van der Waals surface area (Å²) in [5.74, 6) is 0.375. The third-order valence-corrected chi connectivity index (χ3v) is 7.52. The number of pyridine rings is 1. The van der Waals surface area contributed by atoms with Crippen LogP contribution in [0.5, 0.6) is 0 Å². The molecule has 0 aliphatic carbocycles. The minimum Gasteiger partial charge on any atom is -0.710 e. The molecule has 13 heteroatoms. The lowest BCUT2D eigenvalue weighted by Crippen LogP contribution is -2.58. The van der Waals surface area contributed by atoms with Crippen molar-refractivity contribution < 1.29 is 19.4 Å². The number of amides is 1. The van der Waals surface area contributed by atoms with Gasteiger partial charge in [-0.3, -0.25) is 0 Å². The van der Waals surface area contributed by atoms with Crippen LogP contribution < -0.4 is 9.63 Å². The first-order valence-electron chi connectivity index (χ1n) is 13.4. The maximum absolute atomic E-state index is 13.7. The normalized spacial score (nSPS) is 19.7. The number of carbonyl (C=O) groups is 1. The van der Waals surface area contributed by atoms with Gasteiger partial charge in [0.25, 0.3) is 0 Å². The molecular weight excluding hydrogens is 557 g/mol. The molecule has 2 aromatic heterocycles. The van der Waals surface area contributed by atoms with Crippen molar-refractivity contribution in [2.75, 3.05) is 24.5 Å². The van der Waals surface area contributed by atoms with Crippen LogP contribution in [0.15, 0.2) is 17.4 Å². The number of ether oxygens (including phenoxy) is 1. The van der Waals surface area contributed by atoms with Crippen molar-refractivity contribution in [1.82, 2.24) is 19.8 Å². The number of nitrogens with zero attached hydrogens (tertiary/aromatic N) is 7. The van der Waals surface area contributed by atoms with Gasteiger partial charge in [0.05, 0.1) is 11.4 Å². The molecule has 0 aromatic carbocycles. The summed E-state index contributed by atoms with van der Waals surface area (Å²) in [7, 11) is 0. The lowest BCUT2D eigenvalue weighted by molar-refractivity contribution is -0.590. The zero-order valence-corrected chi connectivity index (χ0v) is 25.7. The number of anilines is 2. The molecule has 218 valence electrons. The van der Waals surface area contributed by atoms with Crippen LogP contribution >= 0.6 is 23.2 Å². The van der Waals surface area contributed by atoms with Gasteiger partial charge in [-0.05, 0) is 57.2 Å². The fourth-order valence-electron chi connectivity index (χ4n) is 5.00. The van der Waals surface area contributed by atoms with E-state index in [1.165, 1.54) is 11.2 Å². The molecule has 11 nitrogen and oxygen atoms in total. The Kier molecular flexibility index (Phi) is 8.40. The van der Waals surface area contributed by atoms with E-state index in [4.69, 9.17) is 27.9 Å². The van der Waals surface area contributed by atoms with E-state index < -0.39 is 18.0 Å². The van der Waals surface area contributed by atoms with Crippen LogP contribution in [0.2, 0.25) is 10.2 Å². The van der Waals surface area contributed by atoms with Crippen LogP contribution in [0.1, 0.15) is 84.2 Å². The molecule has 0 bridgehead atoms. The molecule has 40 heavy (non-hydrogen) atoms. The lowest BCUT2D eigenvalue weighted by Gasteiger charge is -2.43. The van der Waals surface area contributed by atoms with Gasteiger partial charge in [-0.1, -0.05) is 39.3 Å². The van der Waals surface area contributed by atoms with Gasteiger partial charge >= 0.3 is 18.3 Å². The van der Waals surface area contributed by atoms with Gasteiger partial charge < -0.3 is 24.9 Å². The second-order valence-corrected chi connectivity index (χ2v) is 12.5. The number of piperazine rings is 1. The molecule has 1 unspecified atom stereocenters. The molecule has 1 fully saturated rings. The fraction of sp³-hybridized carbons (Fsp3) is 0.593. The van der Waals surface area contributed by atoms with Crippen molar-refractivity contribution in [3.05, 3.63) is 44.7 Å². The minimum absolute atomic E-state index is 0.0413. The molecule has 2 aliphatic rings. The SMILES string of the molecule is CC(C)c1ncnc(C(C)C)c1N1c2c(cc(Cl)c(Cl)[n+]2[O-])C(N2CCN(C(=O)OC(C)(C)C)C[C@@H]2C)=NC1O. The molecule has 0 spiro atoms. The van der Waals surface area contributed by atoms with Crippen LogP contribution in [0.3, 0.4) is 0 Å². The summed E-state index contributed by atoms with van der Waals surface area (Å²) in [6.07, 6.45) is -0.376. The Hall–Kier alpha value is -2.89. The first-order valence-corrected chi connectivity index (χ1v) is 14.1. The maximum Gasteiger partial charge on any atom is 0.410 e. The number of rotatable bonds is 3. The maximum atomic E-state index is 13.7. The van der Waals surface area contributed by atoms with E-state index in [-0.39, 0.29) is 33.9 Å². The Morgan fingerprint density at radius 3 is 2.27 bits per heavy atom. The Bertz CT molecular complexity index is 1300. The molecular formula is C27H37Cl2N7O4. The zero-order valence-electron chi connectivity index (χ0n) is 24.1. The predicted octanol–water partition coefficient (Wildman–Crippen LogP) is 4.78. The number of amidine groups is 1. The number of hydrogen-bond acceptors (Lipinski definition) is 9. The van der Waals surface area contributed by atoms with Gasteiger partial charge in [0, 0.05) is 25.7 Å². The van der Waals surface area contributed by atoms with E-state index in [1.54, 1.807) is 11.0 Å². The van der Waals surface area contributed by atoms with Crippen molar-refractivity contribution >= 4 is 46.6 Å². The van der Waals surface area contributed by atoms with Gasteiger partial charge in [0.2, 0.25) is 5.15 Å². The van der Waals surface area contributed by atoms with E-state index in [0.29, 0.717) is 52.8 Å². The smallest absolute Gasteiger partial charge is 0.410 e. The van der Waals surface area contributed by atoms with E-state index in [1.807, 2.05) is 60.3 Å². The summed E-state index contributed by atoms with van der Waals surface area (Å²) in [6.45, 7) is 16.5. The highest BCUT2D eigenvalue weighted by molar-refractivity contribution is 6.41. The average molecular weight is 595 g/mol. The van der Waals surface area contributed by atoms with E-state index in [9.17, 15) is 15.1 Å². The molecule has 0 saturated carbocycles. The Morgan fingerprint density at radius 1 is 1.15 bits per heavy atom. The Morgan fingerprint density at radius 2 is 1.75 bits per heavy atom. The molecule has 2 atom stereocenters. The summed E-state index contributed by atoms with van der Waals surface area (Å²) in [4.78, 5) is 31.4. The van der Waals surface area contributed by atoms with Crippen LogP contribution in [-0.4, -0.2) is 74.4 Å².